The molecule has 1 aliphatic rings. The highest BCUT2D eigenvalue weighted by Gasteiger charge is 2.42. The minimum atomic E-state index is 0. The topological polar surface area (TPSA) is 36.4 Å². The summed E-state index contributed by atoms with van der Waals surface area (Å²) in [7, 11) is 0. The molecule has 3 nitrogen and oxygen atoms in total. The summed E-state index contributed by atoms with van der Waals surface area (Å²) < 4.78 is 0. The second-order valence-corrected chi connectivity index (χ2v) is 5.39. The molecule has 112 valence electrons. The molecule has 0 atom stereocenters. The number of rotatable bonds is 6. The number of hydrogen-bond donors (Lipinski definition) is 2. The highest BCUT2D eigenvalue weighted by atomic mass is 127. The molecular formula is C16H26IN3. The summed E-state index contributed by atoms with van der Waals surface area (Å²) in [5, 5.41) is 6.57. The molecule has 0 amide bonds. The number of aliphatic imine (C=N–C) groups is 1. The second-order valence-electron chi connectivity index (χ2n) is 5.39. The van der Waals surface area contributed by atoms with Gasteiger partial charge in [0, 0.05) is 19.6 Å². The number of guanidine groups is 1. The van der Waals surface area contributed by atoms with Crippen molar-refractivity contribution < 1.29 is 0 Å². The van der Waals surface area contributed by atoms with Crippen LogP contribution in [0.15, 0.2) is 35.3 Å². The van der Waals surface area contributed by atoms with Crippen LogP contribution in [0, 0.1) is 5.41 Å². The summed E-state index contributed by atoms with van der Waals surface area (Å²) in [5.41, 5.74) is 1.85. The minimum Gasteiger partial charge on any atom is -0.357 e. The molecule has 0 bridgehead atoms. The average molecular weight is 387 g/mol. The number of halogens is 1. The van der Waals surface area contributed by atoms with Gasteiger partial charge in [-0.1, -0.05) is 30.3 Å². The normalized spacial score (nSPS) is 14.9. The lowest BCUT2D eigenvalue weighted by Gasteiger charge is -2.15. The van der Waals surface area contributed by atoms with Crippen molar-refractivity contribution in [3.05, 3.63) is 35.9 Å². The lowest BCUT2D eigenvalue weighted by Crippen LogP contribution is -2.37. The number of nitrogens with one attached hydrogen (secondary N) is 2. The lowest BCUT2D eigenvalue weighted by molar-refractivity contribution is 0.520. The Morgan fingerprint density at radius 2 is 1.70 bits per heavy atom. The van der Waals surface area contributed by atoms with Crippen LogP contribution >= 0.6 is 24.0 Å². The Hall–Kier alpha value is -0.780. The van der Waals surface area contributed by atoms with E-state index < -0.39 is 0 Å². The fourth-order valence-corrected chi connectivity index (χ4v) is 2.35. The Kier molecular flexibility index (Phi) is 7.34. The molecule has 0 aromatic heterocycles. The molecule has 0 heterocycles. The summed E-state index contributed by atoms with van der Waals surface area (Å²) in [4.78, 5) is 4.73. The van der Waals surface area contributed by atoms with Crippen LogP contribution in [0.4, 0.5) is 0 Å². The van der Waals surface area contributed by atoms with E-state index in [1.165, 1.54) is 18.4 Å². The SMILES string of the molecule is CCNC(=NCC1(Cc2ccccc2)CC1)NCC.I. The van der Waals surface area contributed by atoms with E-state index in [9.17, 15) is 0 Å². The monoisotopic (exact) mass is 387 g/mol. The zero-order valence-corrected chi connectivity index (χ0v) is 14.8. The Morgan fingerprint density at radius 1 is 1.10 bits per heavy atom. The molecule has 1 aromatic rings. The highest BCUT2D eigenvalue weighted by molar-refractivity contribution is 14.0. The summed E-state index contributed by atoms with van der Waals surface area (Å²) in [6.07, 6.45) is 3.76. The van der Waals surface area contributed by atoms with Gasteiger partial charge in [-0.05, 0) is 44.1 Å². The largest absolute Gasteiger partial charge is 0.357 e. The van der Waals surface area contributed by atoms with Crippen LogP contribution in [0.3, 0.4) is 0 Å². The average Bonchev–Trinajstić information content (AvgIpc) is 3.18. The molecule has 20 heavy (non-hydrogen) atoms. The van der Waals surface area contributed by atoms with E-state index in [0.717, 1.165) is 32.0 Å². The van der Waals surface area contributed by atoms with Gasteiger partial charge in [0.05, 0.1) is 0 Å². The predicted molar refractivity (Wildman–Crippen MR) is 96.9 cm³/mol. The first-order valence-electron chi connectivity index (χ1n) is 7.34. The Balaban J connectivity index is 0.00000200. The fourth-order valence-electron chi connectivity index (χ4n) is 2.35. The minimum absolute atomic E-state index is 0. The van der Waals surface area contributed by atoms with E-state index in [2.05, 4.69) is 54.8 Å². The molecular weight excluding hydrogens is 361 g/mol. The summed E-state index contributed by atoms with van der Waals surface area (Å²) in [6, 6.07) is 10.8. The molecule has 0 unspecified atom stereocenters. The third-order valence-corrected chi connectivity index (χ3v) is 3.64. The predicted octanol–water partition coefficient (Wildman–Crippen LogP) is 3.20. The zero-order valence-electron chi connectivity index (χ0n) is 12.5. The zero-order chi connectivity index (χ0) is 13.6. The van der Waals surface area contributed by atoms with Crippen molar-refractivity contribution in [1.82, 2.24) is 10.6 Å². The molecule has 1 aliphatic carbocycles. The van der Waals surface area contributed by atoms with E-state index in [1.807, 2.05) is 0 Å². The number of benzene rings is 1. The van der Waals surface area contributed by atoms with Gasteiger partial charge >= 0.3 is 0 Å². The Labute approximate surface area is 139 Å². The standard InChI is InChI=1S/C16H25N3.HI/c1-3-17-15(18-4-2)19-13-16(10-11-16)12-14-8-6-5-7-9-14;/h5-9H,3-4,10-13H2,1-2H3,(H2,17,18,19);1H. The highest BCUT2D eigenvalue weighted by Crippen LogP contribution is 2.48. The van der Waals surface area contributed by atoms with E-state index >= 15 is 0 Å². The Morgan fingerprint density at radius 3 is 2.20 bits per heavy atom. The van der Waals surface area contributed by atoms with Crippen molar-refractivity contribution in [2.24, 2.45) is 10.4 Å². The van der Waals surface area contributed by atoms with Gasteiger partial charge in [0.1, 0.15) is 0 Å². The molecule has 0 radical (unpaired) electrons. The van der Waals surface area contributed by atoms with Crippen LogP contribution in [0.5, 0.6) is 0 Å². The molecule has 1 saturated carbocycles. The lowest BCUT2D eigenvalue weighted by atomic mass is 9.97. The maximum absolute atomic E-state index is 4.73. The van der Waals surface area contributed by atoms with Gasteiger partial charge in [-0.15, -0.1) is 24.0 Å². The van der Waals surface area contributed by atoms with Crippen LogP contribution in [0.1, 0.15) is 32.3 Å². The maximum atomic E-state index is 4.73. The van der Waals surface area contributed by atoms with Crippen LogP contribution in [0.25, 0.3) is 0 Å². The molecule has 1 aromatic carbocycles. The quantitative estimate of drug-likeness (QED) is 0.447. The van der Waals surface area contributed by atoms with Crippen molar-refractivity contribution in [3.63, 3.8) is 0 Å². The molecule has 1 fully saturated rings. The third-order valence-electron chi connectivity index (χ3n) is 3.64. The molecule has 0 spiro atoms. The van der Waals surface area contributed by atoms with Gasteiger partial charge in [0.25, 0.3) is 0 Å². The first kappa shape index (κ1) is 17.3. The van der Waals surface area contributed by atoms with E-state index in [4.69, 9.17) is 4.99 Å². The first-order chi connectivity index (χ1) is 9.28. The Bertz CT molecular complexity index is 405. The fraction of sp³-hybridized carbons (Fsp3) is 0.562. The molecule has 0 aliphatic heterocycles. The van der Waals surface area contributed by atoms with Crippen LogP contribution in [-0.4, -0.2) is 25.6 Å². The summed E-state index contributed by atoms with van der Waals surface area (Å²) in [6.45, 7) is 6.96. The third kappa shape index (κ3) is 5.31. The van der Waals surface area contributed by atoms with Gasteiger partial charge in [-0.3, -0.25) is 4.99 Å². The second kappa shape index (κ2) is 8.49. The van der Waals surface area contributed by atoms with E-state index in [1.54, 1.807) is 0 Å². The van der Waals surface area contributed by atoms with Gasteiger partial charge < -0.3 is 10.6 Å². The van der Waals surface area contributed by atoms with Crippen molar-refractivity contribution in [2.75, 3.05) is 19.6 Å². The van der Waals surface area contributed by atoms with Crippen LogP contribution < -0.4 is 10.6 Å². The molecule has 4 heteroatoms. The van der Waals surface area contributed by atoms with Crippen LogP contribution in [-0.2, 0) is 6.42 Å². The number of hydrogen-bond acceptors (Lipinski definition) is 1. The van der Waals surface area contributed by atoms with Crippen molar-refractivity contribution in [2.45, 2.75) is 33.1 Å². The maximum Gasteiger partial charge on any atom is 0.191 e. The molecule has 2 rings (SSSR count). The molecule has 0 saturated heterocycles. The van der Waals surface area contributed by atoms with Crippen molar-refractivity contribution in [1.29, 1.82) is 0 Å². The van der Waals surface area contributed by atoms with Crippen molar-refractivity contribution >= 4 is 29.9 Å². The first-order valence-corrected chi connectivity index (χ1v) is 7.34. The summed E-state index contributed by atoms with van der Waals surface area (Å²) in [5.74, 6) is 0.948. The number of nitrogens with zero attached hydrogens (tertiary/aromatic N) is 1. The van der Waals surface area contributed by atoms with Gasteiger partial charge in [0.2, 0.25) is 0 Å². The van der Waals surface area contributed by atoms with E-state index in [-0.39, 0.29) is 24.0 Å². The summed E-state index contributed by atoms with van der Waals surface area (Å²) >= 11 is 0. The van der Waals surface area contributed by atoms with E-state index in [0.29, 0.717) is 5.41 Å². The van der Waals surface area contributed by atoms with Gasteiger partial charge in [-0.2, -0.15) is 0 Å². The molecule has 2 N–H and O–H groups in total. The van der Waals surface area contributed by atoms with Crippen LogP contribution in [0.2, 0.25) is 0 Å². The van der Waals surface area contributed by atoms with Crippen molar-refractivity contribution in [3.8, 4) is 0 Å². The van der Waals surface area contributed by atoms with Gasteiger partial charge in [0.15, 0.2) is 5.96 Å². The smallest absolute Gasteiger partial charge is 0.191 e. The van der Waals surface area contributed by atoms with Gasteiger partial charge in [-0.25, -0.2) is 0 Å².